The van der Waals surface area contributed by atoms with Gasteiger partial charge >= 0.3 is 0 Å². The lowest BCUT2D eigenvalue weighted by atomic mass is 9.87. The van der Waals surface area contributed by atoms with Gasteiger partial charge in [-0.2, -0.15) is 0 Å². The number of hydrazine groups is 1. The standard InChI is InChI=1S/C15H24N2O2/c1-15(2,3)12-7-5-8-13(11-12)19-10-6-9-14(18)17-16-4/h5,7-8,11,16H,6,9-10H2,1-4H3,(H,17,18). The van der Waals surface area contributed by atoms with Gasteiger partial charge in [0.1, 0.15) is 5.75 Å². The molecule has 0 radical (unpaired) electrons. The number of ether oxygens (including phenoxy) is 1. The van der Waals surface area contributed by atoms with Crippen molar-refractivity contribution in [2.45, 2.75) is 39.0 Å². The Morgan fingerprint density at radius 1 is 1.32 bits per heavy atom. The number of hydrogen-bond donors (Lipinski definition) is 2. The van der Waals surface area contributed by atoms with Crippen LogP contribution in [0.25, 0.3) is 0 Å². The number of carbonyl (C=O) groups excluding carboxylic acids is 1. The number of amides is 1. The minimum absolute atomic E-state index is 0.0189. The monoisotopic (exact) mass is 264 g/mol. The minimum Gasteiger partial charge on any atom is -0.494 e. The summed E-state index contributed by atoms with van der Waals surface area (Å²) >= 11 is 0. The van der Waals surface area contributed by atoms with Crippen LogP contribution in [0, 0.1) is 0 Å². The van der Waals surface area contributed by atoms with Crippen molar-refractivity contribution >= 4 is 5.91 Å². The first-order chi connectivity index (χ1) is 8.93. The van der Waals surface area contributed by atoms with E-state index in [1.54, 1.807) is 7.05 Å². The van der Waals surface area contributed by atoms with E-state index in [2.05, 4.69) is 43.8 Å². The second kappa shape index (κ2) is 7.14. The predicted molar refractivity (Wildman–Crippen MR) is 77.1 cm³/mol. The number of nitrogens with one attached hydrogen (secondary N) is 2. The predicted octanol–water partition coefficient (Wildman–Crippen LogP) is 2.39. The third-order valence-corrected chi connectivity index (χ3v) is 2.78. The molecule has 0 aliphatic rings. The fourth-order valence-corrected chi connectivity index (χ4v) is 1.68. The Hall–Kier alpha value is -1.55. The Bertz CT molecular complexity index is 411. The summed E-state index contributed by atoms with van der Waals surface area (Å²) in [4.78, 5) is 11.2. The zero-order valence-electron chi connectivity index (χ0n) is 12.2. The molecule has 1 rings (SSSR count). The van der Waals surface area contributed by atoms with E-state index in [1.165, 1.54) is 5.56 Å². The summed E-state index contributed by atoms with van der Waals surface area (Å²) in [6, 6.07) is 8.12. The van der Waals surface area contributed by atoms with Gasteiger partial charge in [-0.25, -0.2) is 5.43 Å². The number of rotatable bonds is 6. The van der Waals surface area contributed by atoms with Crippen LogP contribution in [0.3, 0.4) is 0 Å². The molecule has 1 amide bonds. The second-order valence-electron chi connectivity index (χ2n) is 5.53. The lowest BCUT2D eigenvalue weighted by molar-refractivity contribution is -0.122. The van der Waals surface area contributed by atoms with Crippen LogP contribution < -0.4 is 15.6 Å². The molecule has 0 saturated carbocycles. The normalized spacial score (nSPS) is 11.2. The van der Waals surface area contributed by atoms with E-state index in [-0.39, 0.29) is 11.3 Å². The molecule has 0 spiro atoms. The van der Waals surface area contributed by atoms with Crippen molar-refractivity contribution in [1.29, 1.82) is 0 Å². The van der Waals surface area contributed by atoms with Gasteiger partial charge in [0.25, 0.3) is 0 Å². The molecule has 1 aromatic carbocycles. The van der Waals surface area contributed by atoms with E-state index in [1.807, 2.05) is 12.1 Å². The maximum Gasteiger partial charge on any atom is 0.234 e. The first-order valence-electron chi connectivity index (χ1n) is 6.62. The summed E-state index contributed by atoms with van der Waals surface area (Å²) in [5.41, 5.74) is 6.50. The zero-order valence-corrected chi connectivity index (χ0v) is 12.2. The third-order valence-electron chi connectivity index (χ3n) is 2.78. The molecule has 4 heteroatoms. The molecule has 0 unspecified atom stereocenters. The van der Waals surface area contributed by atoms with Crippen molar-refractivity contribution in [3.8, 4) is 5.75 Å². The van der Waals surface area contributed by atoms with Gasteiger partial charge in [-0.15, -0.1) is 0 Å². The van der Waals surface area contributed by atoms with Crippen molar-refractivity contribution in [3.05, 3.63) is 29.8 Å². The summed E-state index contributed by atoms with van der Waals surface area (Å²) in [7, 11) is 1.67. The summed E-state index contributed by atoms with van der Waals surface area (Å²) in [5, 5.41) is 0. The molecular formula is C15H24N2O2. The van der Waals surface area contributed by atoms with Crippen molar-refractivity contribution in [2.75, 3.05) is 13.7 Å². The van der Waals surface area contributed by atoms with Gasteiger partial charge in [0.15, 0.2) is 0 Å². The fraction of sp³-hybridized carbons (Fsp3) is 0.533. The topological polar surface area (TPSA) is 50.4 Å². The van der Waals surface area contributed by atoms with E-state index >= 15 is 0 Å². The number of hydrogen-bond acceptors (Lipinski definition) is 3. The number of benzene rings is 1. The largest absolute Gasteiger partial charge is 0.494 e. The molecule has 19 heavy (non-hydrogen) atoms. The maximum atomic E-state index is 11.2. The Morgan fingerprint density at radius 3 is 2.68 bits per heavy atom. The highest BCUT2D eigenvalue weighted by Crippen LogP contribution is 2.25. The molecule has 0 aromatic heterocycles. The van der Waals surface area contributed by atoms with Crippen LogP contribution in [0.5, 0.6) is 5.75 Å². The first kappa shape index (κ1) is 15.5. The molecule has 1 aromatic rings. The Balaban J connectivity index is 2.40. The highest BCUT2D eigenvalue weighted by atomic mass is 16.5. The summed E-state index contributed by atoms with van der Waals surface area (Å²) in [5.74, 6) is 0.844. The average molecular weight is 264 g/mol. The molecule has 2 N–H and O–H groups in total. The quantitative estimate of drug-likeness (QED) is 0.613. The van der Waals surface area contributed by atoms with Crippen molar-refractivity contribution in [2.24, 2.45) is 0 Å². The molecule has 4 nitrogen and oxygen atoms in total. The van der Waals surface area contributed by atoms with Crippen LogP contribution in [0.4, 0.5) is 0 Å². The molecule has 0 heterocycles. The third kappa shape index (κ3) is 5.75. The van der Waals surface area contributed by atoms with E-state index in [0.717, 1.165) is 5.75 Å². The van der Waals surface area contributed by atoms with Crippen LogP contribution in [0.1, 0.15) is 39.2 Å². The molecular weight excluding hydrogens is 240 g/mol. The Labute approximate surface area is 115 Å². The lowest BCUT2D eigenvalue weighted by Crippen LogP contribution is -2.34. The molecule has 0 fully saturated rings. The van der Waals surface area contributed by atoms with Gasteiger partial charge < -0.3 is 4.74 Å². The molecule has 0 saturated heterocycles. The smallest absolute Gasteiger partial charge is 0.234 e. The molecule has 0 aliphatic carbocycles. The molecule has 0 bridgehead atoms. The van der Waals surface area contributed by atoms with E-state index in [0.29, 0.717) is 19.4 Å². The Kier molecular flexibility index (Phi) is 5.83. The van der Waals surface area contributed by atoms with Crippen LogP contribution in [0.2, 0.25) is 0 Å². The van der Waals surface area contributed by atoms with Crippen molar-refractivity contribution in [3.63, 3.8) is 0 Å². The van der Waals surface area contributed by atoms with Crippen LogP contribution in [-0.4, -0.2) is 19.6 Å². The highest BCUT2D eigenvalue weighted by molar-refractivity contribution is 5.75. The van der Waals surface area contributed by atoms with Gasteiger partial charge in [-0.1, -0.05) is 32.9 Å². The van der Waals surface area contributed by atoms with Crippen LogP contribution in [0.15, 0.2) is 24.3 Å². The van der Waals surface area contributed by atoms with E-state index in [4.69, 9.17) is 4.74 Å². The highest BCUT2D eigenvalue weighted by Gasteiger charge is 2.13. The van der Waals surface area contributed by atoms with Crippen molar-refractivity contribution in [1.82, 2.24) is 10.9 Å². The van der Waals surface area contributed by atoms with Gasteiger partial charge in [0.05, 0.1) is 6.61 Å². The fourth-order valence-electron chi connectivity index (χ4n) is 1.68. The second-order valence-corrected chi connectivity index (χ2v) is 5.53. The minimum atomic E-state index is -0.0189. The Morgan fingerprint density at radius 2 is 2.05 bits per heavy atom. The number of carbonyl (C=O) groups is 1. The summed E-state index contributed by atoms with van der Waals surface area (Å²) < 4.78 is 5.67. The van der Waals surface area contributed by atoms with Crippen LogP contribution in [-0.2, 0) is 10.2 Å². The van der Waals surface area contributed by atoms with Gasteiger partial charge in [-0.05, 0) is 29.5 Å². The van der Waals surface area contributed by atoms with E-state index in [9.17, 15) is 4.79 Å². The van der Waals surface area contributed by atoms with E-state index < -0.39 is 0 Å². The zero-order chi connectivity index (χ0) is 14.3. The van der Waals surface area contributed by atoms with Gasteiger partial charge in [0, 0.05) is 13.5 Å². The SMILES string of the molecule is CNNC(=O)CCCOc1cccc(C(C)(C)C)c1. The molecule has 0 aliphatic heterocycles. The maximum absolute atomic E-state index is 11.2. The van der Waals surface area contributed by atoms with Gasteiger partial charge in [-0.3, -0.25) is 10.2 Å². The summed E-state index contributed by atoms with van der Waals surface area (Å²) in [6.07, 6.45) is 1.16. The average Bonchev–Trinajstić information content (AvgIpc) is 2.34. The summed E-state index contributed by atoms with van der Waals surface area (Å²) in [6.45, 7) is 7.07. The molecule has 106 valence electrons. The van der Waals surface area contributed by atoms with Crippen molar-refractivity contribution < 1.29 is 9.53 Å². The van der Waals surface area contributed by atoms with Gasteiger partial charge in [0.2, 0.25) is 5.91 Å². The molecule has 0 atom stereocenters. The van der Waals surface area contributed by atoms with Crippen LogP contribution >= 0.6 is 0 Å². The first-order valence-corrected chi connectivity index (χ1v) is 6.62. The lowest BCUT2D eigenvalue weighted by Gasteiger charge is -2.19.